The number of carbonyl (C=O) groups excluding carboxylic acids is 1. The van der Waals surface area contributed by atoms with Crippen molar-refractivity contribution < 1.29 is 4.79 Å². The van der Waals surface area contributed by atoms with E-state index in [4.69, 9.17) is 5.73 Å². The summed E-state index contributed by atoms with van der Waals surface area (Å²) in [5, 5.41) is 2.07. The lowest BCUT2D eigenvalue weighted by molar-refractivity contribution is 0.101. The number of rotatable bonds is 4. The molecule has 0 aliphatic carbocycles. The first-order valence-corrected chi connectivity index (χ1v) is 7.49. The molecular formula is C14H15BrN2OS. The fourth-order valence-corrected chi connectivity index (χ4v) is 3.37. The summed E-state index contributed by atoms with van der Waals surface area (Å²) in [5.41, 5.74) is 8.02. The molecule has 0 unspecified atom stereocenters. The first kappa shape index (κ1) is 14.1. The minimum absolute atomic E-state index is 0.00566. The summed E-state index contributed by atoms with van der Waals surface area (Å²) in [6, 6.07) is 7.66. The van der Waals surface area contributed by atoms with Crippen molar-refractivity contribution in [1.82, 2.24) is 0 Å². The summed E-state index contributed by atoms with van der Waals surface area (Å²) in [4.78, 5) is 14.7. The Kier molecular flexibility index (Phi) is 4.27. The molecule has 1 heterocycles. The molecule has 0 radical (unpaired) electrons. The molecule has 3 nitrogen and oxygen atoms in total. The molecule has 0 aliphatic rings. The minimum atomic E-state index is -0.00566. The summed E-state index contributed by atoms with van der Waals surface area (Å²) in [6.07, 6.45) is 0. The smallest absolute Gasteiger partial charge is 0.161 e. The average molecular weight is 339 g/mol. The predicted octanol–water partition coefficient (Wildman–Crippen LogP) is 3.93. The molecule has 0 bridgehead atoms. The van der Waals surface area contributed by atoms with Crippen LogP contribution in [-0.4, -0.2) is 12.8 Å². The summed E-state index contributed by atoms with van der Waals surface area (Å²) >= 11 is 5.16. The molecule has 1 aromatic carbocycles. The van der Waals surface area contributed by atoms with Crippen LogP contribution in [0.15, 0.2) is 34.1 Å². The van der Waals surface area contributed by atoms with E-state index in [1.165, 1.54) is 11.8 Å². The van der Waals surface area contributed by atoms with Gasteiger partial charge in [-0.15, -0.1) is 11.3 Å². The van der Waals surface area contributed by atoms with E-state index >= 15 is 0 Å². The fourth-order valence-electron chi connectivity index (χ4n) is 1.87. The molecule has 2 rings (SSSR count). The molecule has 0 atom stereocenters. The van der Waals surface area contributed by atoms with Crippen LogP contribution in [0.4, 0.5) is 11.4 Å². The maximum Gasteiger partial charge on any atom is 0.161 e. The summed E-state index contributed by atoms with van der Waals surface area (Å²) in [6.45, 7) is 2.34. The van der Waals surface area contributed by atoms with Crippen LogP contribution in [0.5, 0.6) is 0 Å². The number of ketones is 1. The summed E-state index contributed by atoms with van der Waals surface area (Å²) in [5.74, 6) is -0.00566. The minimum Gasteiger partial charge on any atom is -0.398 e. The normalized spacial score (nSPS) is 10.5. The monoisotopic (exact) mass is 338 g/mol. The molecule has 19 heavy (non-hydrogen) atoms. The van der Waals surface area contributed by atoms with E-state index in [0.717, 1.165) is 16.7 Å². The highest BCUT2D eigenvalue weighted by Crippen LogP contribution is 2.25. The maximum atomic E-state index is 11.3. The van der Waals surface area contributed by atoms with Crippen molar-refractivity contribution in [2.45, 2.75) is 13.5 Å². The second-order valence-corrected chi connectivity index (χ2v) is 6.33. The Morgan fingerprint density at radius 3 is 2.68 bits per heavy atom. The number of nitrogen functional groups attached to an aromatic ring is 1. The number of nitrogens with zero attached hydrogens (tertiary/aromatic N) is 1. The first-order chi connectivity index (χ1) is 8.97. The van der Waals surface area contributed by atoms with Crippen molar-refractivity contribution in [3.8, 4) is 0 Å². The van der Waals surface area contributed by atoms with Crippen LogP contribution in [0.3, 0.4) is 0 Å². The molecule has 2 N–H and O–H groups in total. The Morgan fingerprint density at radius 1 is 1.42 bits per heavy atom. The topological polar surface area (TPSA) is 46.3 Å². The molecule has 2 aromatic rings. The van der Waals surface area contributed by atoms with E-state index in [9.17, 15) is 4.79 Å². The van der Waals surface area contributed by atoms with Gasteiger partial charge in [-0.1, -0.05) is 0 Å². The van der Waals surface area contributed by atoms with Crippen molar-refractivity contribution in [3.05, 3.63) is 44.6 Å². The van der Waals surface area contributed by atoms with Crippen molar-refractivity contribution in [2.24, 2.45) is 0 Å². The zero-order chi connectivity index (χ0) is 14.0. The molecule has 0 saturated carbocycles. The summed E-state index contributed by atoms with van der Waals surface area (Å²) in [7, 11) is 2.01. The fraction of sp³-hybridized carbons (Fsp3) is 0.214. The standard InChI is InChI=1S/C14H15BrN2OS/c1-9(18)13-4-3-11(6-14(13)16)17(2)7-12-5-10(15)8-19-12/h3-6,8H,7,16H2,1-2H3. The van der Waals surface area contributed by atoms with Crippen molar-refractivity contribution in [3.63, 3.8) is 0 Å². The Balaban J connectivity index is 2.17. The van der Waals surface area contributed by atoms with Gasteiger partial charge in [0.1, 0.15) is 0 Å². The highest BCUT2D eigenvalue weighted by Gasteiger charge is 2.09. The van der Waals surface area contributed by atoms with E-state index in [0.29, 0.717) is 11.3 Å². The third-order valence-corrected chi connectivity index (χ3v) is 4.55. The number of benzene rings is 1. The van der Waals surface area contributed by atoms with Crippen molar-refractivity contribution >= 4 is 44.4 Å². The number of Topliss-reactive ketones (excluding diaryl/α,β-unsaturated/α-hetero) is 1. The lowest BCUT2D eigenvalue weighted by Crippen LogP contribution is -2.16. The van der Waals surface area contributed by atoms with Gasteiger partial charge in [-0.3, -0.25) is 4.79 Å². The third-order valence-electron chi connectivity index (χ3n) is 2.87. The Hall–Kier alpha value is -1.33. The Bertz CT molecular complexity index is 609. The van der Waals surface area contributed by atoms with Gasteiger partial charge in [0, 0.05) is 38.7 Å². The van der Waals surface area contributed by atoms with Gasteiger partial charge in [0.05, 0.1) is 6.54 Å². The van der Waals surface area contributed by atoms with Gasteiger partial charge < -0.3 is 10.6 Å². The van der Waals surface area contributed by atoms with Gasteiger partial charge in [-0.05, 0) is 47.1 Å². The number of nitrogens with two attached hydrogens (primary N) is 1. The molecule has 5 heteroatoms. The van der Waals surface area contributed by atoms with E-state index < -0.39 is 0 Å². The number of hydrogen-bond donors (Lipinski definition) is 1. The SMILES string of the molecule is CC(=O)c1ccc(N(C)Cc2cc(Br)cs2)cc1N. The second-order valence-electron chi connectivity index (χ2n) is 4.42. The van der Waals surface area contributed by atoms with E-state index in [1.54, 1.807) is 17.4 Å². The van der Waals surface area contributed by atoms with Gasteiger partial charge in [0.2, 0.25) is 0 Å². The van der Waals surface area contributed by atoms with Gasteiger partial charge in [-0.2, -0.15) is 0 Å². The largest absolute Gasteiger partial charge is 0.398 e. The van der Waals surface area contributed by atoms with Gasteiger partial charge in [0.15, 0.2) is 5.78 Å². The number of thiophene rings is 1. The molecule has 0 amide bonds. The van der Waals surface area contributed by atoms with E-state index in [1.807, 2.05) is 19.2 Å². The molecule has 1 aromatic heterocycles. The molecule has 0 saturated heterocycles. The molecule has 0 spiro atoms. The van der Waals surface area contributed by atoms with Crippen molar-refractivity contribution in [1.29, 1.82) is 0 Å². The number of carbonyl (C=O) groups is 1. The average Bonchev–Trinajstić information content (AvgIpc) is 2.74. The zero-order valence-corrected chi connectivity index (χ0v) is 13.2. The maximum absolute atomic E-state index is 11.3. The lowest BCUT2D eigenvalue weighted by atomic mass is 10.1. The highest BCUT2D eigenvalue weighted by molar-refractivity contribution is 9.10. The molecule has 0 fully saturated rings. The number of halogens is 1. The number of hydrogen-bond acceptors (Lipinski definition) is 4. The van der Waals surface area contributed by atoms with Crippen LogP contribution in [0.2, 0.25) is 0 Å². The Morgan fingerprint density at radius 2 is 2.16 bits per heavy atom. The number of anilines is 2. The van der Waals surface area contributed by atoms with Gasteiger partial charge in [0.25, 0.3) is 0 Å². The van der Waals surface area contributed by atoms with Crippen LogP contribution in [0, 0.1) is 0 Å². The van der Waals surface area contributed by atoms with Crippen LogP contribution >= 0.6 is 27.3 Å². The quantitative estimate of drug-likeness (QED) is 0.678. The predicted molar refractivity (Wildman–Crippen MR) is 85.0 cm³/mol. The van der Waals surface area contributed by atoms with Crippen molar-refractivity contribution in [2.75, 3.05) is 17.7 Å². The van der Waals surface area contributed by atoms with Crippen LogP contribution in [0.1, 0.15) is 22.2 Å². The molecular weight excluding hydrogens is 324 g/mol. The molecule has 0 aliphatic heterocycles. The van der Waals surface area contributed by atoms with Crippen LogP contribution in [0.25, 0.3) is 0 Å². The lowest BCUT2D eigenvalue weighted by Gasteiger charge is -2.19. The van der Waals surface area contributed by atoms with Crippen LogP contribution in [-0.2, 0) is 6.54 Å². The molecule has 100 valence electrons. The summed E-state index contributed by atoms with van der Waals surface area (Å²) < 4.78 is 1.10. The van der Waals surface area contributed by atoms with E-state index in [-0.39, 0.29) is 5.78 Å². The van der Waals surface area contributed by atoms with Crippen LogP contribution < -0.4 is 10.6 Å². The second kappa shape index (κ2) is 5.75. The Labute approximate surface area is 125 Å². The van der Waals surface area contributed by atoms with E-state index in [2.05, 4.69) is 32.3 Å². The highest BCUT2D eigenvalue weighted by atomic mass is 79.9. The first-order valence-electron chi connectivity index (χ1n) is 5.82. The zero-order valence-electron chi connectivity index (χ0n) is 10.8. The van der Waals surface area contributed by atoms with Gasteiger partial charge >= 0.3 is 0 Å². The van der Waals surface area contributed by atoms with Gasteiger partial charge in [-0.25, -0.2) is 0 Å². The third kappa shape index (κ3) is 3.36.